The fraction of sp³-hybridized carbons (Fsp3) is 0.333. The number of nitrogens with zero attached hydrogens (tertiary/aromatic N) is 4. The van der Waals surface area contributed by atoms with Gasteiger partial charge in [-0.05, 0) is 14.1 Å². The first-order chi connectivity index (χ1) is 6.79. The van der Waals surface area contributed by atoms with Crippen LogP contribution in [0.2, 0.25) is 0 Å². The molecule has 0 unspecified atom stereocenters. The summed E-state index contributed by atoms with van der Waals surface area (Å²) in [5.74, 6) is 0. The van der Waals surface area contributed by atoms with Gasteiger partial charge in [0.05, 0.1) is 19.3 Å². The van der Waals surface area contributed by atoms with Crippen molar-refractivity contribution in [2.75, 3.05) is 14.1 Å². The smallest absolute Gasteiger partial charge is 0.0956 e. The van der Waals surface area contributed by atoms with Crippen LogP contribution in [0.15, 0.2) is 37.4 Å². The van der Waals surface area contributed by atoms with E-state index in [-0.39, 0.29) is 0 Å². The molecule has 76 valence electrons. The van der Waals surface area contributed by atoms with Crippen LogP contribution < -0.4 is 0 Å². The second kappa shape index (κ2) is 5.93. The lowest BCUT2D eigenvalue weighted by Crippen LogP contribution is -2.15. The Labute approximate surface area is 83.4 Å². The monoisotopic (exact) mass is 193 g/mol. The molecule has 1 N–H and O–H groups in total. The highest BCUT2D eigenvalue weighted by Crippen LogP contribution is 1.85. The Morgan fingerprint density at radius 2 is 2.14 bits per heavy atom. The van der Waals surface area contributed by atoms with E-state index >= 15 is 0 Å². The van der Waals surface area contributed by atoms with Gasteiger partial charge in [-0.3, -0.25) is 4.90 Å². The molecule has 0 radical (unpaired) electrons. The molecule has 0 aromatic carbocycles. The third kappa shape index (κ3) is 4.42. The Morgan fingerprint density at radius 1 is 1.29 bits per heavy atom. The van der Waals surface area contributed by atoms with Crippen molar-refractivity contribution < 1.29 is 0 Å². The highest BCUT2D eigenvalue weighted by molar-refractivity contribution is 4.72. The first-order valence-electron chi connectivity index (χ1n) is 4.32. The Hall–Kier alpha value is -1.62. The fourth-order valence-electron chi connectivity index (χ4n) is 0.912. The van der Waals surface area contributed by atoms with Crippen LogP contribution in [-0.4, -0.2) is 38.5 Å². The van der Waals surface area contributed by atoms with E-state index < -0.39 is 0 Å². The summed E-state index contributed by atoms with van der Waals surface area (Å²) in [4.78, 5) is 12.4. The summed E-state index contributed by atoms with van der Waals surface area (Å²) in [6.07, 6.45) is 10.6. The highest BCUT2D eigenvalue weighted by Gasteiger charge is 1.88. The first-order valence-corrected chi connectivity index (χ1v) is 4.32. The van der Waals surface area contributed by atoms with E-state index in [0.717, 1.165) is 6.67 Å². The molecule has 0 aliphatic rings. The second-order valence-electron chi connectivity index (χ2n) is 3.06. The number of hydrogen-bond donors (Lipinski definition) is 1. The SMILES string of the molecule is CN(C)Cn1ccnc1.c1c[nH]cn1. The molecule has 2 aromatic heterocycles. The van der Waals surface area contributed by atoms with Gasteiger partial charge in [-0.15, -0.1) is 0 Å². The Bertz CT molecular complexity index is 281. The maximum absolute atomic E-state index is 3.91. The van der Waals surface area contributed by atoms with Crippen molar-refractivity contribution in [3.8, 4) is 0 Å². The molecule has 2 heterocycles. The lowest BCUT2D eigenvalue weighted by atomic mass is 10.8. The van der Waals surface area contributed by atoms with Gasteiger partial charge in [0.15, 0.2) is 0 Å². The van der Waals surface area contributed by atoms with Crippen molar-refractivity contribution in [1.82, 2.24) is 24.4 Å². The zero-order chi connectivity index (χ0) is 10.2. The number of hydrogen-bond acceptors (Lipinski definition) is 3. The van der Waals surface area contributed by atoms with Crippen molar-refractivity contribution in [3.63, 3.8) is 0 Å². The predicted molar refractivity (Wildman–Crippen MR) is 54.5 cm³/mol. The maximum Gasteiger partial charge on any atom is 0.0956 e. The average molecular weight is 193 g/mol. The van der Waals surface area contributed by atoms with Crippen LogP contribution in [0.3, 0.4) is 0 Å². The van der Waals surface area contributed by atoms with Gasteiger partial charge in [0, 0.05) is 24.8 Å². The number of H-pyrrole nitrogens is 1. The van der Waals surface area contributed by atoms with Crippen molar-refractivity contribution in [2.24, 2.45) is 0 Å². The van der Waals surface area contributed by atoms with Crippen molar-refractivity contribution in [1.29, 1.82) is 0 Å². The number of aromatic amines is 1. The third-order valence-electron chi connectivity index (χ3n) is 1.41. The minimum absolute atomic E-state index is 0.903. The predicted octanol–water partition coefficient (Wildman–Crippen LogP) is 0.812. The van der Waals surface area contributed by atoms with Gasteiger partial charge in [-0.25, -0.2) is 9.97 Å². The largest absolute Gasteiger partial charge is 0.351 e. The summed E-state index contributed by atoms with van der Waals surface area (Å²) in [6.45, 7) is 0.903. The third-order valence-corrected chi connectivity index (χ3v) is 1.41. The lowest BCUT2D eigenvalue weighted by Gasteiger charge is -2.08. The van der Waals surface area contributed by atoms with Gasteiger partial charge in [-0.2, -0.15) is 0 Å². The normalized spacial score (nSPS) is 9.64. The van der Waals surface area contributed by atoms with Crippen LogP contribution in [0.5, 0.6) is 0 Å². The van der Waals surface area contributed by atoms with Gasteiger partial charge < -0.3 is 9.55 Å². The number of aromatic nitrogens is 4. The molecular formula is C9H15N5. The van der Waals surface area contributed by atoms with E-state index in [2.05, 4.69) is 19.9 Å². The topological polar surface area (TPSA) is 49.7 Å². The second-order valence-corrected chi connectivity index (χ2v) is 3.06. The fourth-order valence-corrected chi connectivity index (χ4v) is 0.912. The summed E-state index contributed by atoms with van der Waals surface area (Å²) in [5.41, 5.74) is 0. The maximum atomic E-state index is 3.91. The molecule has 0 fully saturated rings. The van der Waals surface area contributed by atoms with E-state index in [4.69, 9.17) is 0 Å². The van der Waals surface area contributed by atoms with Gasteiger partial charge in [0.25, 0.3) is 0 Å². The van der Waals surface area contributed by atoms with Crippen LogP contribution in [0, 0.1) is 0 Å². The van der Waals surface area contributed by atoms with Gasteiger partial charge in [-0.1, -0.05) is 0 Å². The molecular weight excluding hydrogens is 178 g/mol. The van der Waals surface area contributed by atoms with Crippen LogP contribution >= 0.6 is 0 Å². The standard InChI is InChI=1S/C6H11N3.C3H4N2/c1-8(2)6-9-4-3-7-5-9;1-2-5-3-4-1/h3-5H,6H2,1-2H3;1-3H,(H,4,5). The zero-order valence-corrected chi connectivity index (χ0v) is 8.46. The summed E-state index contributed by atoms with van der Waals surface area (Å²) in [7, 11) is 4.06. The summed E-state index contributed by atoms with van der Waals surface area (Å²) < 4.78 is 2.01. The van der Waals surface area contributed by atoms with Gasteiger partial charge in [0.1, 0.15) is 0 Å². The quantitative estimate of drug-likeness (QED) is 0.768. The molecule has 0 saturated heterocycles. The lowest BCUT2D eigenvalue weighted by molar-refractivity contribution is 0.326. The molecule has 0 atom stereocenters. The van der Waals surface area contributed by atoms with Gasteiger partial charge in [0.2, 0.25) is 0 Å². The summed E-state index contributed by atoms with van der Waals surface area (Å²) in [5, 5.41) is 0. The van der Waals surface area contributed by atoms with E-state index in [1.807, 2.05) is 24.9 Å². The van der Waals surface area contributed by atoms with Crippen molar-refractivity contribution in [2.45, 2.75) is 6.67 Å². The minimum Gasteiger partial charge on any atom is -0.351 e. The molecule has 0 bridgehead atoms. The molecule has 0 saturated carbocycles. The summed E-state index contributed by atoms with van der Waals surface area (Å²) in [6, 6.07) is 0. The molecule has 0 spiro atoms. The molecule has 5 heteroatoms. The van der Waals surface area contributed by atoms with E-state index in [1.165, 1.54) is 0 Å². The number of rotatable bonds is 2. The zero-order valence-electron chi connectivity index (χ0n) is 8.46. The van der Waals surface area contributed by atoms with Crippen molar-refractivity contribution >= 4 is 0 Å². The number of nitrogens with one attached hydrogen (secondary N) is 1. The van der Waals surface area contributed by atoms with Crippen LogP contribution in [0.25, 0.3) is 0 Å². The number of imidazole rings is 2. The Balaban J connectivity index is 0.000000165. The Morgan fingerprint density at radius 3 is 2.50 bits per heavy atom. The Kier molecular flexibility index (Phi) is 4.43. The van der Waals surface area contributed by atoms with E-state index in [9.17, 15) is 0 Å². The average Bonchev–Trinajstić information content (AvgIpc) is 2.75. The van der Waals surface area contributed by atoms with E-state index in [1.54, 1.807) is 31.2 Å². The molecule has 0 aliphatic carbocycles. The summed E-state index contributed by atoms with van der Waals surface area (Å²) >= 11 is 0. The highest BCUT2D eigenvalue weighted by atomic mass is 15.2. The van der Waals surface area contributed by atoms with Crippen LogP contribution in [0.1, 0.15) is 0 Å². The molecule has 2 rings (SSSR count). The van der Waals surface area contributed by atoms with Gasteiger partial charge >= 0.3 is 0 Å². The van der Waals surface area contributed by atoms with Crippen LogP contribution in [0.4, 0.5) is 0 Å². The molecule has 5 nitrogen and oxygen atoms in total. The molecule has 0 aliphatic heterocycles. The van der Waals surface area contributed by atoms with Crippen LogP contribution in [-0.2, 0) is 6.67 Å². The molecule has 0 amide bonds. The molecule has 14 heavy (non-hydrogen) atoms. The van der Waals surface area contributed by atoms with Crippen molar-refractivity contribution in [3.05, 3.63) is 37.4 Å². The first kappa shape index (κ1) is 10.5. The minimum atomic E-state index is 0.903. The van der Waals surface area contributed by atoms with E-state index in [0.29, 0.717) is 0 Å². The molecule has 2 aromatic rings.